The molecule has 0 aliphatic heterocycles. The van der Waals surface area contributed by atoms with Gasteiger partial charge < -0.3 is 20.3 Å². The molecule has 6 nitrogen and oxygen atoms in total. The van der Waals surface area contributed by atoms with Gasteiger partial charge in [-0.3, -0.25) is 9.59 Å². The molecule has 0 radical (unpaired) electrons. The second-order valence-corrected chi connectivity index (χ2v) is 22.5. The van der Waals surface area contributed by atoms with Gasteiger partial charge in [0.15, 0.2) is 0 Å². The molecule has 0 spiro atoms. The van der Waals surface area contributed by atoms with Crippen LogP contribution in [0.4, 0.5) is 0 Å². The van der Waals surface area contributed by atoms with Gasteiger partial charge in [0, 0.05) is 12.8 Å². The van der Waals surface area contributed by atoms with Gasteiger partial charge in [-0.2, -0.15) is 0 Å². The van der Waals surface area contributed by atoms with Crippen LogP contribution in [-0.2, 0) is 14.3 Å². The molecule has 0 aromatic carbocycles. The standard InChI is InChI=1S/C65H127NO5/c1-3-5-7-9-11-13-15-16-32-36-39-43-47-51-55-59-65(70)71-60-56-52-48-44-40-37-34-31-29-27-25-23-21-19-17-18-20-22-24-26-28-30-33-35-38-42-46-50-54-58-64(69)66-62(61-67)63(68)57-53-49-45-41-14-12-10-8-6-4-2/h53,57,62-63,67-68H,3-52,54-56,58-61H2,1-2H3,(H,66,69)/b57-53+. The quantitative estimate of drug-likeness (QED) is 0.0320. The first kappa shape index (κ1) is 69.6. The van der Waals surface area contributed by atoms with Crippen molar-refractivity contribution in [2.75, 3.05) is 13.2 Å². The number of nitrogens with one attached hydrogen (secondary N) is 1. The summed E-state index contributed by atoms with van der Waals surface area (Å²) in [6.45, 7) is 4.92. The van der Waals surface area contributed by atoms with E-state index in [1.54, 1.807) is 6.08 Å². The maximum absolute atomic E-state index is 12.4. The van der Waals surface area contributed by atoms with Crippen molar-refractivity contribution in [2.24, 2.45) is 0 Å². The number of aliphatic hydroxyl groups excluding tert-OH is 2. The molecule has 0 rings (SSSR count). The molecule has 0 fully saturated rings. The van der Waals surface area contributed by atoms with Crippen molar-refractivity contribution in [3.8, 4) is 0 Å². The van der Waals surface area contributed by atoms with Crippen LogP contribution in [0, 0.1) is 0 Å². The van der Waals surface area contributed by atoms with Crippen molar-refractivity contribution in [3.63, 3.8) is 0 Å². The molecule has 2 atom stereocenters. The molecule has 0 aromatic rings. The van der Waals surface area contributed by atoms with E-state index in [-0.39, 0.29) is 18.5 Å². The lowest BCUT2D eigenvalue weighted by molar-refractivity contribution is -0.143. The summed E-state index contributed by atoms with van der Waals surface area (Å²) in [5, 5.41) is 23.0. The van der Waals surface area contributed by atoms with Gasteiger partial charge in [0.25, 0.3) is 0 Å². The van der Waals surface area contributed by atoms with Crippen molar-refractivity contribution in [1.82, 2.24) is 5.32 Å². The summed E-state index contributed by atoms with van der Waals surface area (Å²) in [4.78, 5) is 24.5. The fourth-order valence-electron chi connectivity index (χ4n) is 10.3. The summed E-state index contributed by atoms with van der Waals surface area (Å²) in [7, 11) is 0. The van der Waals surface area contributed by atoms with E-state index in [4.69, 9.17) is 4.74 Å². The molecule has 6 heteroatoms. The Morgan fingerprint density at radius 1 is 0.380 bits per heavy atom. The van der Waals surface area contributed by atoms with E-state index in [1.807, 2.05) is 6.08 Å². The van der Waals surface area contributed by atoms with E-state index < -0.39 is 12.1 Å². The molecule has 71 heavy (non-hydrogen) atoms. The number of hydrogen-bond donors (Lipinski definition) is 3. The highest BCUT2D eigenvalue weighted by Crippen LogP contribution is 2.18. The zero-order chi connectivity index (χ0) is 51.4. The number of allylic oxidation sites excluding steroid dienone is 1. The summed E-state index contributed by atoms with van der Waals surface area (Å²) in [6.07, 6.45) is 74.3. The SMILES string of the molecule is CCCCCCCCCC/C=C/C(O)C(CO)NC(=O)CCCCCCCCCCCCCCCCCCCCCCCCCCCCCCCOC(=O)CCCCCCCCCCCCCCCCC. The second-order valence-electron chi connectivity index (χ2n) is 22.5. The Hall–Kier alpha value is -1.40. The topological polar surface area (TPSA) is 95.9 Å². The van der Waals surface area contributed by atoms with Crippen molar-refractivity contribution >= 4 is 11.9 Å². The molecule has 0 bridgehead atoms. The number of hydrogen-bond acceptors (Lipinski definition) is 5. The van der Waals surface area contributed by atoms with Gasteiger partial charge in [0.2, 0.25) is 5.91 Å². The highest BCUT2D eigenvalue weighted by atomic mass is 16.5. The minimum atomic E-state index is -0.839. The van der Waals surface area contributed by atoms with Crippen LogP contribution < -0.4 is 5.32 Å². The fraction of sp³-hybridized carbons (Fsp3) is 0.938. The summed E-state index contributed by atoms with van der Waals surface area (Å²) in [6, 6.07) is -0.622. The summed E-state index contributed by atoms with van der Waals surface area (Å²) < 4.78 is 5.50. The Labute approximate surface area is 444 Å². The lowest BCUT2D eigenvalue weighted by atomic mass is 10.0. The van der Waals surface area contributed by atoms with Crippen molar-refractivity contribution in [3.05, 3.63) is 12.2 Å². The van der Waals surface area contributed by atoms with E-state index >= 15 is 0 Å². The Kier molecular flexibility index (Phi) is 59.9. The summed E-state index contributed by atoms with van der Waals surface area (Å²) in [5.74, 6) is -0.0421. The average Bonchev–Trinajstić information content (AvgIpc) is 3.37. The number of carbonyl (C=O) groups excluding carboxylic acids is 2. The number of rotatable bonds is 61. The molecular weight excluding hydrogens is 875 g/mol. The monoisotopic (exact) mass is 1000 g/mol. The van der Waals surface area contributed by atoms with E-state index in [0.29, 0.717) is 19.4 Å². The van der Waals surface area contributed by atoms with E-state index in [9.17, 15) is 19.8 Å². The normalized spacial score (nSPS) is 12.6. The Morgan fingerprint density at radius 2 is 0.648 bits per heavy atom. The van der Waals surface area contributed by atoms with Crippen LogP contribution in [0.15, 0.2) is 12.2 Å². The number of ether oxygens (including phenoxy) is 1. The average molecular weight is 1000 g/mol. The number of carbonyl (C=O) groups is 2. The summed E-state index contributed by atoms with van der Waals surface area (Å²) >= 11 is 0. The number of esters is 1. The number of unbranched alkanes of at least 4 members (excludes halogenated alkanes) is 50. The van der Waals surface area contributed by atoms with Crippen LogP contribution in [0.1, 0.15) is 367 Å². The van der Waals surface area contributed by atoms with E-state index in [0.717, 1.165) is 38.5 Å². The summed E-state index contributed by atoms with van der Waals surface area (Å²) in [5.41, 5.74) is 0. The second kappa shape index (κ2) is 61.1. The van der Waals surface area contributed by atoms with Gasteiger partial charge in [-0.15, -0.1) is 0 Å². The smallest absolute Gasteiger partial charge is 0.305 e. The molecule has 3 N–H and O–H groups in total. The lowest BCUT2D eigenvalue weighted by Crippen LogP contribution is -2.45. The van der Waals surface area contributed by atoms with Gasteiger partial charge in [-0.1, -0.05) is 334 Å². The molecule has 0 aromatic heterocycles. The molecule has 0 aliphatic carbocycles. The third-order valence-corrected chi connectivity index (χ3v) is 15.3. The maximum Gasteiger partial charge on any atom is 0.305 e. The first-order valence-corrected chi connectivity index (χ1v) is 32.5. The largest absolute Gasteiger partial charge is 0.466 e. The molecule has 0 heterocycles. The highest BCUT2D eigenvalue weighted by molar-refractivity contribution is 5.76. The molecule has 0 aliphatic rings. The predicted octanol–water partition coefficient (Wildman–Crippen LogP) is 20.4. The number of aliphatic hydroxyl groups is 2. The minimum absolute atomic E-state index is 0.0226. The zero-order valence-electron chi connectivity index (χ0n) is 48.2. The minimum Gasteiger partial charge on any atom is -0.466 e. The number of amides is 1. The van der Waals surface area contributed by atoms with Crippen LogP contribution in [0.2, 0.25) is 0 Å². The van der Waals surface area contributed by atoms with Crippen LogP contribution in [0.5, 0.6) is 0 Å². The van der Waals surface area contributed by atoms with Gasteiger partial charge in [-0.05, 0) is 32.1 Å². The Balaban J connectivity index is 3.30. The highest BCUT2D eigenvalue weighted by Gasteiger charge is 2.18. The van der Waals surface area contributed by atoms with Crippen LogP contribution in [-0.4, -0.2) is 47.4 Å². The van der Waals surface area contributed by atoms with Crippen LogP contribution in [0.3, 0.4) is 0 Å². The first-order valence-electron chi connectivity index (χ1n) is 32.5. The molecule has 422 valence electrons. The van der Waals surface area contributed by atoms with Gasteiger partial charge >= 0.3 is 5.97 Å². The molecule has 0 saturated carbocycles. The van der Waals surface area contributed by atoms with Crippen LogP contribution >= 0.6 is 0 Å². The van der Waals surface area contributed by atoms with Crippen LogP contribution in [0.25, 0.3) is 0 Å². The van der Waals surface area contributed by atoms with Gasteiger partial charge in [0.1, 0.15) is 0 Å². The molecular formula is C65H127NO5. The predicted molar refractivity (Wildman–Crippen MR) is 310 cm³/mol. The van der Waals surface area contributed by atoms with Gasteiger partial charge in [-0.25, -0.2) is 0 Å². The molecule has 0 saturated heterocycles. The lowest BCUT2D eigenvalue weighted by Gasteiger charge is -2.20. The van der Waals surface area contributed by atoms with Gasteiger partial charge in [0.05, 0.1) is 25.4 Å². The van der Waals surface area contributed by atoms with Crippen molar-refractivity contribution < 1.29 is 24.5 Å². The Bertz CT molecular complexity index is 1060. The van der Waals surface area contributed by atoms with E-state index in [1.165, 1.54) is 302 Å². The molecule has 2 unspecified atom stereocenters. The molecule has 1 amide bonds. The van der Waals surface area contributed by atoms with Crippen molar-refractivity contribution in [1.29, 1.82) is 0 Å². The van der Waals surface area contributed by atoms with E-state index in [2.05, 4.69) is 19.2 Å². The fourth-order valence-corrected chi connectivity index (χ4v) is 10.3. The third-order valence-electron chi connectivity index (χ3n) is 15.3. The third kappa shape index (κ3) is 57.7. The zero-order valence-corrected chi connectivity index (χ0v) is 48.2. The maximum atomic E-state index is 12.4. The van der Waals surface area contributed by atoms with Crippen molar-refractivity contribution in [2.45, 2.75) is 379 Å². The first-order chi connectivity index (χ1) is 35.0. The Morgan fingerprint density at radius 3 is 0.958 bits per heavy atom.